The molecule has 0 atom stereocenters. The lowest BCUT2D eigenvalue weighted by atomic mass is 10.2. The van der Waals surface area contributed by atoms with Crippen LogP contribution >= 0.6 is 0 Å². The summed E-state index contributed by atoms with van der Waals surface area (Å²) in [4.78, 5) is 36.5. The van der Waals surface area contributed by atoms with E-state index in [0.717, 1.165) is 23.0 Å². The highest BCUT2D eigenvalue weighted by molar-refractivity contribution is 5.71. The molecule has 0 aliphatic carbocycles. The van der Waals surface area contributed by atoms with Crippen molar-refractivity contribution in [2.75, 3.05) is 0 Å². The monoisotopic (exact) mass is 375 g/mol. The zero-order valence-corrected chi connectivity index (χ0v) is 15.9. The van der Waals surface area contributed by atoms with Gasteiger partial charge in [0.2, 0.25) is 0 Å². The Labute approximate surface area is 156 Å². The number of unbranched alkanes of at least 4 members (excludes halogenated alkanes) is 2. The van der Waals surface area contributed by atoms with E-state index in [0.29, 0.717) is 19.4 Å². The molecule has 2 aromatic rings. The van der Waals surface area contributed by atoms with E-state index in [-0.39, 0.29) is 12.2 Å². The normalized spacial score (nSPS) is 11.4. The van der Waals surface area contributed by atoms with E-state index in [2.05, 4.69) is 5.10 Å². The summed E-state index contributed by atoms with van der Waals surface area (Å²) in [7, 11) is 1.76. The van der Waals surface area contributed by atoms with Crippen LogP contribution in [0, 0.1) is 10.1 Å². The van der Waals surface area contributed by atoms with Crippen LogP contribution in [0.2, 0.25) is 0 Å². The summed E-state index contributed by atoms with van der Waals surface area (Å²) in [5.74, 6) is 0. The summed E-state index contributed by atoms with van der Waals surface area (Å²) < 4.78 is 3.92. The molecule has 0 N–H and O–H groups in total. The fourth-order valence-corrected chi connectivity index (χ4v) is 2.79. The minimum Gasteiger partial charge on any atom is -0.287 e. The maximum Gasteiger partial charge on any atom is 0.357 e. The van der Waals surface area contributed by atoms with Gasteiger partial charge in [0.25, 0.3) is 0 Å². The van der Waals surface area contributed by atoms with Crippen LogP contribution in [0.25, 0.3) is 12.2 Å². The number of rotatable bonds is 9. The van der Waals surface area contributed by atoms with E-state index in [9.17, 15) is 19.7 Å². The van der Waals surface area contributed by atoms with Gasteiger partial charge in [0, 0.05) is 31.9 Å². The number of aryl methyl sites for hydroxylation is 1. The quantitative estimate of drug-likeness (QED) is 0.494. The molecule has 0 unspecified atom stereocenters. The molecule has 146 valence electrons. The third kappa shape index (κ3) is 4.60. The number of hydrogen-bond donors (Lipinski definition) is 0. The molecule has 0 amide bonds. The van der Waals surface area contributed by atoms with Crippen LogP contribution in [0.15, 0.2) is 22.0 Å². The molecule has 2 heterocycles. The van der Waals surface area contributed by atoms with E-state index >= 15 is 0 Å². The molecule has 0 bridgehead atoms. The molecule has 0 spiro atoms. The number of nitrogens with zero attached hydrogens (tertiary/aromatic N) is 5. The van der Waals surface area contributed by atoms with E-state index in [1.54, 1.807) is 30.2 Å². The molecule has 0 aliphatic rings. The second-order valence-corrected chi connectivity index (χ2v) is 6.37. The standard InChI is InChI=1S/C18H25N5O4/c1-4-6-10-21-15(9-8-14-12-19-20(3)13-14)16(23(26)27)17(24)22(18(21)25)11-7-5-2/h8-9,12-13H,4-7,10-11H2,1-3H3/b9-8+. The molecule has 0 radical (unpaired) electrons. The highest BCUT2D eigenvalue weighted by Crippen LogP contribution is 2.16. The lowest BCUT2D eigenvalue weighted by molar-refractivity contribution is -0.387. The average molecular weight is 375 g/mol. The van der Waals surface area contributed by atoms with Crippen LogP contribution in [0.3, 0.4) is 0 Å². The molecule has 2 aromatic heterocycles. The van der Waals surface area contributed by atoms with Gasteiger partial charge in [-0.2, -0.15) is 5.10 Å². The Kier molecular flexibility index (Phi) is 6.86. The van der Waals surface area contributed by atoms with Crippen molar-refractivity contribution in [2.24, 2.45) is 7.05 Å². The molecule has 9 heteroatoms. The minimum absolute atomic E-state index is 0.0278. The van der Waals surface area contributed by atoms with Gasteiger partial charge in [-0.1, -0.05) is 26.7 Å². The largest absolute Gasteiger partial charge is 0.357 e. The van der Waals surface area contributed by atoms with Gasteiger partial charge in [-0.3, -0.25) is 28.7 Å². The summed E-state index contributed by atoms with van der Waals surface area (Å²) in [6, 6.07) is 0. The summed E-state index contributed by atoms with van der Waals surface area (Å²) >= 11 is 0. The van der Waals surface area contributed by atoms with Crippen LogP contribution in [0.1, 0.15) is 50.8 Å². The van der Waals surface area contributed by atoms with Crippen LogP contribution in [0.4, 0.5) is 5.69 Å². The van der Waals surface area contributed by atoms with Gasteiger partial charge in [0.15, 0.2) is 0 Å². The lowest BCUT2D eigenvalue weighted by Crippen LogP contribution is -2.42. The molecule has 0 saturated carbocycles. The molecular formula is C18H25N5O4. The highest BCUT2D eigenvalue weighted by atomic mass is 16.6. The number of hydrogen-bond acceptors (Lipinski definition) is 5. The SMILES string of the molecule is CCCCn1c(/C=C/c2cnn(C)c2)c([N+](=O)[O-])c(=O)n(CCCC)c1=O. The van der Waals surface area contributed by atoms with Crippen molar-refractivity contribution in [3.8, 4) is 0 Å². The van der Waals surface area contributed by atoms with Crippen LogP contribution in [0.5, 0.6) is 0 Å². The fraction of sp³-hybridized carbons (Fsp3) is 0.500. The van der Waals surface area contributed by atoms with Gasteiger partial charge >= 0.3 is 16.9 Å². The van der Waals surface area contributed by atoms with Crippen molar-refractivity contribution in [1.82, 2.24) is 18.9 Å². The summed E-state index contributed by atoms with van der Waals surface area (Å²) in [5.41, 5.74) is -1.17. The Morgan fingerprint density at radius 3 is 2.26 bits per heavy atom. The molecule has 2 rings (SSSR count). The maximum atomic E-state index is 12.9. The first-order valence-electron chi connectivity index (χ1n) is 9.09. The fourth-order valence-electron chi connectivity index (χ4n) is 2.79. The summed E-state index contributed by atoms with van der Waals surface area (Å²) in [6.07, 6.45) is 9.28. The van der Waals surface area contributed by atoms with E-state index < -0.39 is 21.9 Å². The van der Waals surface area contributed by atoms with Crippen molar-refractivity contribution in [3.05, 3.63) is 54.6 Å². The Bertz CT molecular complexity index is 952. The third-order valence-electron chi connectivity index (χ3n) is 4.25. The smallest absolute Gasteiger partial charge is 0.287 e. The van der Waals surface area contributed by atoms with Crippen LogP contribution < -0.4 is 11.2 Å². The van der Waals surface area contributed by atoms with Gasteiger partial charge in [-0.25, -0.2) is 4.79 Å². The highest BCUT2D eigenvalue weighted by Gasteiger charge is 2.26. The first-order chi connectivity index (χ1) is 12.9. The van der Waals surface area contributed by atoms with E-state index in [4.69, 9.17) is 0 Å². The zero-order valence-electron chi connectivity index (χ0n) is 15.9. The van der Waals surface area contributed by atoms with Gasteiger partial charge in [-0.05, 0) is 25.0 Å². The first-order valence-corrected chi connectivity index (χ1v) is 9.09. The molecule has 0 fully saturated rings. The number of nitro groups is 1. The van der Waals surface area contributed by atoms with E-state index in [1.807, 2.05) is 13.8 Å². The topological polar surface area (TPSA) is 105 Å². The second kappa shape index (κ2) is 9.11. The van der Waals surface area contributed by atoms with Gasteiger partial charge in [-0.15, -0.1) is 0 Å². The first kappa shape index (κ1) is 20.3. The lowest BCUT2D eigenvalue weighted by Gasteiger charge is -2.13. The van der Waals surface area contributed by atoms with Crippen LogP contribution in [-0.2, 0) is 20.1 Å². The minimum atomic E-state index is -0.850. The van der Waals surface area contributed by atoms with Gasteiger partial charge < -0.3 is 0 Å². The maximum absolute atomic E-state index is 12.9. The van der Waals surface area contributed by atoms with Crippen molar-refractivity contribution >= 4 is 17.8 Å². The summed E-state index contributed by atoms with van der Waals surface area (Å²) in [6.45, 7) is 4.39. The molecule has 27 heavy (non-hydrogen) atoms. The Morgan fingerprint density at radius 1 is 1.11 bits per heavy atom. The Hall–Kier alpha value is -2.97. The van der Waals surface area contributed by atoms with Crippen LogP contribution in [-0.4, -0.2) is 23.8 Å². The molecule has 0 aliphatic heterocycles. The Balaban J connectivity index is 2.70. The predicted octanol–water partition coefficient (Wildman–Crippen LogP) is 2.42. The molecule has 0 aromatic carbocycles. The number of aromatic nitrogens is 4. The average Bonchev–Trinajstić information content (AvgIpc) is 3.04. The molecule has 9 nitrogen and oxygen atoms in total. The third-order valence-corrected chi connectivity index (χ3v) is 4.25. The van der Waals surface area contributed by atoms with Crippen molar-refractivity contribution in [3.63, 3.8) is 0 Å². The van der Waals surface area contributed by atoms with Gasteiger partial charge in [0.05, 0.1) is 11.1 Å². The Morgan fingerprint density at radius 2 is 1.74 bits per heavy atom. The van der Waals surface area contributed by atoms with Crippen molar-refractivity contribution in [1.29, 1.82) is 0 Å². The second-order valence-electron chi connectivity index (χ2n) is 6.37. The van der Waals surface area contributed by atoms with Crippen molar-refractivity contribution < 1.29 is 4.92 Å². The zero-order chi connectivity index (χ0) is 20.0. The van der Waals surface area contributed by atoms with E-state index in [1.165, 1.54) is 10.6 Å². The van der Waals surface area contributed by atoms with Gasteiger partial charge in [0.1, 0.15) is 5.69 Å². The summed E-state index contributed by atoms with van der Waals surface area (Å²) in [5, 5.41) is 15.7. The molecule has 0 saturated heterocycles. The predicted molar refractivity (Wildman–Crippen MR) is 104 cm³/mol. The molecular weight excluding hydrogens is 350 g/mol. The van der Waals surface area contributed by atoms with Crippen molar-refractivity contribution in [2.45, 2.75) is 52.6 Å².